The van der Waals surface area contributed by atoms with Crippen molar-refractivity contribution in [3.05, 3.63) is 74.7 Å². The molecule has 2 aromatic carbocycles. The highest BCUT2D eigenvalue weighted by molar-refractivity contribution is 5.75. The number of piperidine rings is 2. The second-order valence-electron chi connectivity index (χ2n) is 9.02. The van der Waals surface area contributed by atoms with Crippen LogP contribution in [-0.4, -0.2) is 56.5 Å². The number of benzene rings is 2. The van der Waals surface area contributed by atoms with Gasteiger partial charge in [0.25, 0.3) is 5.69 Å². The lowest BCUT2D eigenvalue weighted by Gasteiger charge is -2.42. The summed E-state index contributed by atoms with van der Waals surface area (Å²) in [5.74, 6) is 0. The van der Waals surface area contributed by atoms with Gasteiger partial charge in [0.1, 0.15) is 0 Å². The van der Waals surface area contributed by atoms with Crippen LogP contribution in [-0.2, 0) is 6.54 Å². The number of likely N-dealkylation sites (tertiary alicyclic amines) is 2. The Morgan fingerprint density at radius 3 is 2.25 bits per heavy atom. The first kappa shape index (κ1) is 20.9. The molecule has 2 aliphatic rings. The normalized spacial score (nSPS) is 19.5. The van der Waals surface area contributed by atoms with Crippen LogP contribution in [0.4, 0.5) is 5.69 Å². The molecular weight excluding hydrogens is 406 g/mol. The fourth-order valence-electron chi connectivity index (χ4n) is 5.37. The summed E-state index contributed by atoms with van der Waals surface area (Å²) in [4.78, 5) is 31.0. The summed E-state index contributed by atoms with van der Waals surface area (Å²) in [5.41, 5.74) is 3.20. The number of nitrogens with zero attached hydrogens (tertiary/aromatic N) is 4. The number of fused-ring (bicyclic) bond motifs is 1. The number of rotatable bonds is 5. The Bertz CT molecular complexity index is 1140. The summed E-state index contributed by atoms with van der Waals surface area (Å²) in [6.07, 6.45) is 4.30. The Balaban J connectivity index is 1.13. The molecule has 0 aliphatic carbocycles. The van der Waals surface area contributed by atoms with E-state index in [0.29, 0.717) is 6.04 Å². The van der Waals surface area contributed by atoms with Crippen LogP contribution in [0.15, 0.2) is 53.3 Å². The van der Waals surface area contributed by atoms with Crippen molar-refractivity contribution in [1.82, 2.24) is 19.4 Å². The molecular formula is C24H29N5O3. The number of non-ortho nitro benzene ring substituents is 1. The highest BCUT2D eigenvalue weighted by Gasteiger charge is 2.29. The number of nitro benzene ring substituents is 1. The second-order valence-corrected chi connectivity index (χ2v) is 9.02. The third kappa shape index (κ3) is 4.20. The molecule has 3 aromatic rings. The molecule has 0 unspecified atom stereocenters. The van der Waals surface area contributed by atoms with Crippen LogP contribution < -0.4 is 5.69 Å². The monoisotopic (exact) mass is 435 g/mol. The van der Waals surface area contributed by atoms with Crippen molar-refractivity contribution in [3.63, 3.8) is 0 Å². The van der Waals surface area contributed by atoms with E-state index in [4.69, 9.17) is 0 Å². The molecule has 1 aromatic heterocycles. The molecule has 2 aliphatic heterocycles. The molecule has 0 atom stereocenters. The van der Waals surface area contributed by atoms with Gasteiger partial charge in [0.15, 0.2) is 0 Å². The van der Waals surface area contributed by atoms with Crippen LogP contribution >= 0.6 is 0 Å². The van der Waals surface area contributed by atoms with Gasteiger partial charge in [-0.2, -0.15) is 0 Å². The molecule has 1 N–H and O–H groups in total. The molecule has 0 bridgehead atoms. The number of hydrogen-bond donors (Lipinski definition) is 1. The highest BCUT2D eigenvalue weighted by Crippen LogP contribution is 2.28. The summed E-state index contributed by atoms with van der Waals surface area (Å²) in [5, 5.41) is 10.8. The lowest BCUT2D eigenvalue weighted by Crippen LogP contribution is -2.48. The van der Waals surface area contributed by atoms with Crippen molar-refractivity contribution >= 4 is 16.7 Å². The maximum Gasteiger partial charge on any atom is 0.326 e. The van der Waals surface area contributed by atoms with E-state index in [2.05, 4.69) is 14.8 Å². The van der Waals surface area contributed by atoms with Crippen molar-refractivity contribution < 1.29 is 4.92 Å². The fraction of sp³-hybridized carbons (Fsp3) is 0.458. The van der Waals surface area contributed by atoms with Crippen LogP contribution in [0, 0.1) is 10.1 Å². The number of para-hydroxylation sites is 2. The van der Waals surface area contributed by atoms with Gasteiger partial charge in [0.05, 0.1) is 16.0 Å². The Labute approximate surface area is 186 Å². The Morgan fingerprint density at radius 1 is 0.906 bits per heavy atom. The lowest BCUT2D eigenvalue weighted by atomic mass is 9.97. The average molecular weight is 436 g/mol. The summed E-state index contributed by atoms with van der Waals surface area (Å²) < 4.78 is 1.96. The van der Waals surface area contributed by atoms with Gasteiger partial charge >= 0.3 is 5.69 Å². The van der Waals surface area contributed by atoms with Crippen LogP contribution in [0.2, 0.25) is 0 Å². The molecule has 0 saturated carbocycles. The van der Waals surface area contributed by atoms with Crippen LogP contribution in [0.5, 0.6) is 0 Å². The predicted octanol–water partition coefficient (Wildman–Crippen LogP) is 3.54. The minimum atomic E-state index is -0.354. The number of nitrogens with one attached hydrogen (secondary N) is 1. The van der Waals surface area contributed by atoms with Gasteiger partial charge < -0.3 is 9.88 Å². The SMILES string of the molecule is O=c1[nH]c2ccccc2n1C1CCN(C2CCN(Cc3ccc([N+](=O)[O-])cc3)CC2)CC1. The molecule has 3 heterocycles. The smallest absolute Gasteiger partial charge is 0.306 e. The van der Waals surface area contributed by atoms with E-state index in [-0.39, 0.29) is 22.3 Å². The Kier molecular flexibility index (Phi) is 5.80. The zero-order chi connectivity index (χ0) is 22.1. The third-order valence-corrected chi connectivity index (χ3v) is 7.12. The van der Waals surface area contributed by atoms with Crippen molar-refractivity contribution in [3.8, 4) is 0 Å². The van der Waals surface area contributed by atoms with Gasteiger partial charge in [-0.05, 0) is 56.5 Å². The van der Waals surface area contributed by atoms with Gasteiger partial charge in [0, 0.05) is 43.9 Å². The first-order chi connectivity index (χ1) is 15.6. The average Bonchev–Trinajstić information content (AvgIpc) is 3.16. The Morgan fingerprint density at radius 2 is 1.56 bits per heavy atom. The van der Waals surface area contributed by atoms with Gasteiger partial charge in [-0.25, -0.2) is 4.79 Å². The van der Waals surface area contributed by atoms with Crippen LogP contribution in [0.25, 0.3) is 11.0 Å². The molecule has 8 nitrogen and oxygen atoms in total. The first-order valence-corrected chi connectivity index (χ1v) is 11.5. The topological polar surface area (TPSA) is 87.4 Å². The maximum absolute atomic E-state index is 12.5. The number of aromatic nitrogens is 2. The number of nitro groups is 1. The van der Waals surface area contributed by atoms with Crippen molar-refractivity contribution in [2.24, 2.45) is 0 Å². The van der Waals surface area contributed by atoms with E-state index in [9.17, 15) is 14.9 Å². The van der Waals surface area contributed by atoms with E-state index in [1.165, 1.54) is 0 Å². The molecule has 0 radical (unpaired) electrons. The number of H-pyrrole nitrogens is 1. The number of imidazole rings is 1. The Hall–Kier alpha value is -2.97. The van der Waals surface area contributed by atoms with Gasteiger partial charge in [0.2, 0.25) is 0 Å². The fourth-order valence-corrected chi connectivity index (χ4v) is 5.37. The standard InChI is InChI=1S/C24H29N5O3/c30-24-25-22-3-1-2-4-23(22)28(24)20-11-15-27(16-12-20)19-9-13-26(14-10-19)17-18-5-7-21(8-6-18)29(31)32/h1-8,19-20H,9-17H2,(H,25,30). The molecule has 2 fully saturated rings. The quantitative estimate of drug-likeness (QED) is 0.489. The molecule has 5 rings (SSSR count). The molecule has 0 spiro atoms. The minimum Gasteiger partial charge on any atom is -0.306 e. The van der Waals surface area contributed by atoms with Gasteiger partial charge in [-0.15, -0.1) is 0 Å². The van der Waals surface area contributed by atoms with E-state index >= 15 is 0 Å². The summed E-state index contributed by atoms with van der Waals surface area (Å²) in [7, 11) is 0. The van der Waals surface area contributed by atoms with Crippen LogP contribution in [0.1, 0.15) is 37.3 Å². The molecule has 0 amide bonds. The maximum atomic E-state index is 12.5. The predicted molar refractivity (Wildman–Crippen MR) is 124 cm³/mol. The van der Waals surface area contributed by atoms with E-state index < -0.39 is 0 Å². The van der Waals surface area contributed by atoms with Crippen molar-refractivity contribution in [1.29, 1.82) is 0 Å². The summed E-state index contributed by atoms with van der Waals surface area (Å²) >= 11 is 0. The van der Waals surface area contributed by atoms with Crippen molar-refractivity contribution in [2.45, 2.75) is 44.3 Å². The van der Waals surface area contributed by atoms with E-state index in [0.717, 1.165) is 75.0 Å². The summed E-state index contributed by atoms with van der Waals surface area (Å²) in [6.45, 7) is 5.00. The van der Waals surface area contributed by atoms with Crippen molar-refractivity contribution in [2.75, 3.05) is 26.2 Å². The zero-order valence-corrected chi connectivity index (χ0v) is 18.2. The lowest BCUT2D eigenvalue weighted by molar-refractivity contribution is -0.384. The summed E-state index contributed by atoms with van der Waals surface area (Å²) in [6, 6.07) is 15.7. The number of hydrogen-bond acceptors (Lipinski definition) is 5. The van der Waals surface area contributed by atoms with Crippen LogP contribution in [0.3, 0.4) is 0 Å². The van der Waals surface area contributed by atoms with Gasteiger partial charge in [-0.1, -0.05) is 24.3 Å². The molecule has 8 heteroatoms. The zero-order valence-electron chi connectivity index (χ0n) is 18.2. The number of aromatic amines is 1. The van der Waals surface area contributed by atoms with E-state index in [1.807, 2.05) is 41.0 Å². The second kappa shape index (κ2) is 8.88. The van der Waals surface area contributed by atoms with Gasteiger partial charge in [-0.3, -0.25) is 19.6 Å². The highest BCUT2D eigenvalue weighted by atomic mass is 16.6. The molecule has 168 valence electrons. The minimum absolute atomic E-state index is 0.00389. The third-order valence-electron chi connectivity index (χ3n) is 7.12. The first-order valence-electron chi connectivity index (χ1n) is 11.5. The molecule has 2 saturated heterocycles. The molecule has 32 heavy (non-hydrogen) atoms. The van der Waals surface area contributed by atoms with E-state index in [1.54, 1.807) is 12.1 Å². The largest absolute Gasteiger partial charge is 0.326 e.